The standard InChI is InChI=1S/C14H19N3O5/c1-3-20-13(19)9-8-22-14(15-9)17-6-10-11(7-17)21-5-4-12(18)16(10)2/h8,10-11H,3-7H2,1-2H3/t10-,11-/m0/s1. The third-order valence-corrected chi connectivity index (χ3v) is 4.02. The molecule has 22 heavy (non-hydrogen) atoms. The maximum absolute atomic E-state index is 11.9. The molecule has 120 valence electrons. The van der Waals surface area contributed by atoms with Crippen molar-refractivity contribution in [2.75, 3.05) is 38.3 Å². The Morgan fingerprint density at radius 3 is 3.09 bits per heavy atom. The Morgan fingerprint density at radius 1 is 1.50 bits per heavy atom. The number of anilines is 1. The Morgan fingerprint density at radius 2 is 2.32 bits per heavy atom. The Hall–Kier alpha value is -2.09. The predicted octanol–water partition coefficient (Wildman–Crippen LogP) is 0.287. The van der Waals surface area contributed by atoms with Gasteiger partial charge in [0.1, 0.15) is 6.26 Å². The van der Waals surface area contributed by atoms with E-state index in [0.29, 0.717) is 32.1 Å². The van der Waals surface area contributed by atoms with Crippen molar-refractivity contribution in [1.29, 1.82) is 0 Å². The van der Waals surface area contributed by atoms with E-state index in [9.17, 15) is 9.59 Å². The van der Waals surface area contributed by atoms with Gasteiger partial charge in [-0.15, -0.1) is 0 Å². The third kappa shape index (κ3) is 2.66. The minimum absolute atomic E-state index is 0.0343. The van der Waals surface area contributed by atoms with Crippen LogP contribution >= 0.6 is 0 Å². The zero-order valence-electron chi connectivity index (χ0n) is 12.7. The second kappa shape index (κ2) is 5.96. The van der Waals surface area contributed by atoms with Gasteiger partial charge in [0.25, 0.3) is 6.01 Å². The number of esters is 1. The van der Waals surface area contributed by atoms with E-state index in [-0.39, 0.29) is 30.4 Å². The predicted molar refractivity (Wildman–Crippen MR) is 75.6 cm³/mol. The second-order valence-electron chi connectivity index (χ2n) is 5.37. The fraction of sp³-hybridized carbons (Fsp3) is 0.643. The normalized spacial score (nSPS) is 25.1. The summed E-state index contributed by atoms with van der Waals surface area (Å²) < 4.78 is 16.0. The lowest BCUT2D eigenvalue weighted by Gasteiger charge is -2.24. The van der Waals surface area contributed by atoms with Crippen molar-refractivity contribution in [2.24, 2.45) is 0 Å². The lowest BCUT2D eigenvalue weighted by Crippen LogP contribution is -2.42. The molecule has 0 N–H and O–H groups in total. The molecule has 3 rings (SSSR count). The average Bonchev–Trinajstić information content (AvgIpc) is 3.11. The van der Waals surface area contributed by atoms with Crippen molar-refractivity contribution in [3.05, 3.63) is 12.0 Å². The number of amides is 1. The highest BCUT2D eigenvalue weighted by Crippen LogP contribution is 2.26. The minimum atomic E-state index is -0.505. The summed E-state index contributed by atoms with van der Waals surface area (Å²) in [4.78, 5) is 31.3. The number of likely N-dealkylation sites (N-methyl/N-ethyl adjacent to an activating group) is 1. The van der Waals surface area contributed by atoms with Crippen LogP contribution in [-0.4, -0.2) is 67.3 Å². The van der Waals surface area contributed by atoms with E-state index in [1.165, 1.54) is 6.26 Å². The van der Waals surface area contributed by atoms with Crippen molar-refractivity contribution in [3.63, 3.8) is 0 Å². The van der Waals surface area contributed by atoms with E-state index in [2.05, 4.69) is 4.98 Å². The summed E-state index contributed by atoms with van der Waals surface area (Å²) in [7, 11) is 1.79. The van der Waals surface area contributed by atoms with Gasteiger partial charge < -0.3 is 23.7 Å². The number of fused-ring (bicyclic) bond motifs is 1. The molecule has 0 unspecified atom stereocenters. The van der Waals surface area contributed by atoms with Gasteiger partial charge in [-0.25, -0.2) is 4.79 Å². The molecule has 1 aromatic rings. The van der Waals surface area contributed by atoms with Crippen molar-refractivity contribution in [3.8, 4) is 0 Å². The van der Waals surface area contributed by atoms with E-state index in [1.807, 2.05) is 4.90 Å². The highest BCUT2D eigenvalue weighted by atomic mass is 16.5. The smallest absolute Gasteiger partial charge is 0.360 e. The number of rotatable bonds is 3. The van der Waals surface area contributed by atoms with Gasteiger partial charge in [-0.2, -0.15) is 4.98 Å². The molecule has 0 bridgehead atoms. The third-order valence-electron chi connectivity index (χ3n) is 4.02. The SMILES string of the molecule is CCOC(=O)c1coc(N2C[C@@H]3OCCC(=O)N(C)[C@H]3C2)n1. The molecule has 2 atom stereocenters. The molecule has 3 heterocycles. The van der Waals surface area contributed by atoms with Gasteiger partial charge in [0.2, 0.25) is 5.91 Å². The number of oxazole rings is 1. The molecule has 2 saturated heterocycles. The van der Waals surface area contributed by atoms with Crippen LogP contribution < -0.4 is 4.90 Å². The molecular weight excluding hydrogens is 290 g/mol. The Bertz CT molecular complexity index is 573. The van der Waals surface area contributed by atoms with Crippen LogP contribution in [0.3, 0.4) is 0 Å². The summed E-state index contributed by atoms with van der Waals surface area (Å²) in [5.41, 5.74) is 0.147. The Labute approximate surface area is 128 Å². The fourth-order valence-corrected chi connectivity index (χ4v) is 2.82. The summed E-state index contributed by atoms with van der Waals surface area (Å²) in [6.07, 6.45) is 1.63. The van der Waals surface area contributed by atoms with Gasteiger partial charge in [0, 0.05) is 13.6 Å². The summed E-state index contributed by atoms with van der Waals surface area (Å²) >= 11 is 0. The molecule has 8 nitrogen and oxygen atoms in total. The van der Waals surface area contributed by atoms with Gasteiger partial charge in [-0.3, -0.25) is 4.79 Å². The molecule has 1 amide bonds. The first-order chi connectivity index (χ1) is 10.6. The number of hydrogen-bond donors (Lipinski definition) is 0. The number of aromatic nitrogens is 1. The van der Waals surface area contributed by atoms with Crippen molar-refractivity contribution in [2.45, 2.75) is 25.5 Å². The Balaban J connectivity index is 1.72. The van der Waals surface area contributed by atoms with Crippen LogP contribution in [0.1, 0.15) is 23.8 Å². The van der Waals surface area contributed by atoms with Crippen LogP contribution in [0.2, 0.25) is 0 Å². The summed E-state index contributed by atoms with van der Waals surface area (Å²) in [6.45, 7) is 3.59. The van der Waals surface area contributed by atoms with Crippen molar-refractivity contribution >= 4 is 17.9 Å². The fourth-order valence-electron chi connectivity index (χ4n) is 2.82. The van der Waals surface area contributed by atoms with Crippen LogP contribution in [-0.2, 0) is 14.3 Å². The number of hydrogen-bond acceptors (Lipinski definition) is 7. The second-order valence-corrected chi connectivity index (χ2v) is 5.37. The first-order valence-electron chi connectivity index (χ1n) is 7.35. The maximum Gasteiger partial charge on any atom is 0.360 e. The van der Waals surface area contributed by atoms with Crippen LogP contribution in [0.25, 0.3) is 0 Å². The number of ether oxygens (including phenoxy) is 2. The number of nitrogens with zero attached hydrogens (tertiary/aromatic N) is 3. The van der Waals surface area contributed by atoms with E-state index in [1.54, 1.807) is 18.9 Å². The minimum Gasteiger partial charge on any atom is -0.461 e. The van der Waals surface area contributed by atoms with Crippen LogP contribution in [0.4, 0.5) is 6.01 Å². The molecule has 0 radical (unpaired) electrons. The van der Waals surface area contributed by atoms with E-state index < -0.39 is 5.97 Å². The van der Waals surface area contributed by atoms with Crippen LogP contribution in [0.15, 0.2) is 10.7 Å². The lowest BCUT2D eigenvalue weighted by molar-refractivity contribution is -0.130. The first kappa shape index (κ1) is 14.8. The van der Waals surface area contributed by atoms with Crippen molar-refractivity contribution in [1.82, 2.24) is 9.88 Å². The first-order valence-corrected chi connectivity index (χ1v) is 7.35. The van der Waals surface area contributed by atoms with Gasteiger partial charge in [0.15, 0.2) is 5.69 Å². The topological polar surface area (TPSA) is 85.1 Å². The van der Waals surface area contributed by atoms with Gasteiger partial charge in [-0.1, -0.05) is 0 Å². The summed E-state index contributed by atoms with van der Waals surface area (Å²) in [5, 5.41) is 0. The molecule has 0 aliphatic carbocycles. The zero-order chi connectivity index (χ0) is 15.7. The van der Waals surface area contributed by atoms with Crippen LogP contribution in [0, 0.1) is 0 Å². The number of carbonyl (C=O) groups excluding carboxylic acids is 2. The van der Waals surface area contributed by atoms with Gasteiger partial charge in [-0.05, 0) is 6.92 Å². The summed E-state index contributed by atoms with van der Waals surface area (Å²) in [5.74, 6) is -0.427. The summed E-state index contributed by atoms with van der Waals surface area (Å²) in [6, 6.07) is 0.313. The van der Waals surface area contributed by atoms with Crippen molar-refractivity contribution < 1.29 is 23.5 Å². The molecule has 2 aliphatic rings. The molecule has 0 spiro atoms. The highest BCUT2D eigenvalue weighted by Gasteiger charge is 2.41. The molecule has 8 heteroatoms. The molecule has 2 fully saturated rings. The average molecular weight is 309 g/mol. The highest BCUT2D eigenvalue weighted by molar-refractivity contribution is 5.87. The zero-order valence-corrected chi connectivity index (χ0v) is 12.7. The largest absolute Gasteiger partial charge is 0.461 e. The van der Waals surface area contributed by atoms with Crippen LogP contribution in [0.5, 0.6) is 0 Å². The molecule has 2 aliphatic heterocycles. The van der Waals surface area contributed by atoms with E-state index >= 15 is 0 Å². The van der Waals surface area contributed by atoms with E-state index in [0.717, 1.165) is 0 Å². The number of carbonyl (C=O) groups is 2. The monoisotopic (exact) mass is 309 g/mol. The van der Waals surface area contributed by atoms with E-state index in [4.69, 9.17) is 13.9 Å². The molecule has 1 aromatic heterocycles. The molecule has 0 aromatic carbocycles. The maximum atomic E-state index is 11.9. The Kier molecular flexibility index (Phi) is 4.02. The lowest BCUT2D eigenvalue weighted by atomic mass is 10.2. The van der Waals surface area contributed by atoms with Gasteiger partial charge in [0.05, 0.1) is 38.3 Å². The molecular formula is C14H19N3O5. The quantitative estimate of drug-likeness (QED) is 0.742. The van der Waals surface area contributed by atoms with Gasteiger partial charge >= 0.3 is 5.97 Å². The molecule has 0 saturated carbocycles.